The summed E-state index contributed by atoms with van der Waals surface area (Å²) in [4.78, 5) is 26.4. The fourth-order valence-electron chi connectivity index (χ4n) is 3.90. The lowest BCUT2D eigenvalue weighted by molar-refractivity contribution is -0.159. The van der Waals surface area contributed by atoms with Crippen LogP contribution in [0.1, 0.15) is 31.2 Å². The Morgan fingerprint density at radius 2 is 1.78 bits per heavy atom. The number of piperidine rings is 1. The number of ether oxygens (including phenoxy) is 4. The van der Waals surface area contributed by atoms with Crippen LogP contribution >= 0.6 is 0 Å². The maximum Gasteiger partial charge on any atom is 0.414 e. The third kappa shape index (κ3) is 5.72. The maximum absolute atomic E-state index is 9.10. The van der Waals surface area contributed by atoms with Crippen molar-refractivity contribution < 1.29 is 43.6 Å². The zero-order chi connectivity index (χ0) is 23.1. The molecule has 0 spiro atoms. The van der Waals surface area contributed by atoms with Crippen LogP contribution in [-0.4, -0.2) is 79.5 Å². The first kappa shape index (κ1) is 23.5. The number of methoxy groups -OCH3 is 2. The average molecular weight is 452 g/mol. The lowest BCUT2D eigenvalue weighted by atomic mass is 10.0. The largest absolute Gasteiger partial charge is 0.493 e. The molecule has 4 rings (SSSR count). The molecular formula is C21H28N2O9. The Morgan fingerprint density at radius 3 is 2.41 bits per heavy atom. The Balaban J connectivity index is 0.000000427. The van der Waals surface area contributed by atoms with E-state index in [0.717, 1.165) is 37.3 Å². The highest BCUT2D eigenvalue weighted by atomic mass is 16.7. The second kappa shape index (κ2) is 10.9. The van der Waals surface area contributed by atoms with Crippen LogP contribution in [0.3, 0.4) is 0 Å². The summed E-state index contributed by atoms with van der Waals surface area (Å²) in [6, 6.07) is 1.94. The van der Waals surface area contributed by atoms with Crippen LogP contribution in [0.15, 0.2) is 11.2 Å². The maximum atomic E-state index is 9.10. The fourth-order valence-corrected chi connectivity index (χ4v) is 3.90. The van der Waals surface area contributed by atoms with Gasteiger partial charge in [-0.1, -0.05) is 11.6 Å². The molecule has 11 heteroatoms. The van der Waals surface area contributed by atoms with Crippen molar-refractivity contribution in [3.63, 3.8) is 0 Å². The van der Waals surface area contributed by atoms with Crippen molar-refractivity contribution >= 4 is 17.7 Å². The molecule has 32 heavy (non-hydrogen) atoms. The van der Waals surface area contributed by atoms with Crippen molar-refractivity contribution in [3.8, 4) is 23.0 Å². The van der Waals surface area contributed by atoms with Gasteiger partial charge in [0.15, 0.2) is 11.5 Å². The molecule has 1 aromatic rings. The predicted octanol–water partition coefficient (Wildman–Crippen LogP) is 1.76. The number of fused-ring (bicyclic) bond motifs is 1. The van der Waals surface area contributed by atoms with E-state index in [-0.39, 0.29) is 12.9 Å². The molecule has 2 N–H and O–H groups in total. The summed E-state index contributed by atoms with van der Waals surface area (Å²) >= 11 is 0. The first-order chi connectivity index (χ1) is 15.4. The summed E-state index contributed by atoms with van der Waals surface area (Å²) in [5, 5.41) is 19.1. The van der Waals surface area contributed by atoms with E-state index in [4.69, 9.17) is 43.6 Å². The van der Waals surface area contributed by atoms with Crippen molar-refractivity contribution in [2.75, 3.05) is 40.6 Å². The van der Waals surface area contributed by atoms with Gasteiger partial charge in [-0.25, -0.2) is 9.59 Å². The highest BCUT2D eigenvalue weighted by Gasteiger charge is 2.30. The van der Waals surface area contributed by atoms with E-state index < -0.39 is 11.9 Å². The molecule has 11 nitrogen and oxygen atoms in total. The number of carbonyl (C=O) groups is 2. The van der Waals surface area contributed by atoms with Crippen LogP contribution in [-0.2, 0) is 20.8 Å². The summed E-state index contributed by atoms with van der Waals surface area (Å²) in [7, 11) is 3.26. The molecule has 0 saturated carbocycles. The normalized spacial score (nSPS) is 19.3. The molecule has 3 aliphatic rings. The molecule has 1 unspecified atom stereocenters. The molecule has 0 aromatic heterocycles. The Hall–Kier alpha value is -3.21. The summed E-state index contributed by atoms with van der Waals surface area (Å²) in [5.74, 6) is -1.10. The van der Waals surface area contributed by atoms with Gasteiger partial charge in [-0.15, -0.1) is 0 Å². The molecule has 1 saturated heterocycles. The molecular weight excluding hydrogens is 424 g/mol. The number of nitrogens with zero attached hydrogens (tertiary/aromatic N) is 2. The van der Waals surface area contributed by atoms with E-state index in [1.165, 1.54) is 19.3 Å². The van der Waals surface area contributed by atoms with Gasteiger partial charge in [0.05, 0.1) is 19.9 Å². The average Bonchev–Trinajstić information content (AvgIpc) is 3.44. The van der Waals surface area contributed by atoms with Gasteiger partial charge in [0, 0.05) is 24.9 Å². The van der Waals surface area contributed by atoms with Crippen molar-refractivity contribution in [3.05, 3.63) is 11.6 Å². The van der Waals surface area contributed by atoms with E-state index in [1.54, 1.807) is 14.2 Å². The molecule has 3 heterocycles. The third-order valence-electron chi connectivity index (χ3n) is 5.34. The number of carboxylic acids is 2. The summed E-state index contributed by atoms with van der Waals surface area (Å²) in [5.41, 5.74) is 2.11. The molecule has 0 radical (unpaired) electrons. The molecule has 1 aromatic carbocycles. The first-order valence-electron chi connectivity index (χ1n) is 10.4. The molecule has 176 valence electrons. The Labute approximate surface area is 185 Å². The number of likely N-dealkylation sites (tertiary alicyclic amines) is 1. The summed E-state index contributed by atoms with van der Waals surface area (Å²) in [6.07, 6.45) is 5.44. The van der Waals surface area contributed by atoms with Gasteiger partial charge in [-0.2, -0.15) is 0 Å². The van der Waals surface area contributed by atoms with Crippen LogP contribution in [0.25, 0.3) is 0 Å². The number of hydrogen-bond acceptors (Lipinski definition) is 9. The molecule has 0 aliphatic carbocycles. The second-order valence-electron chi connectivity index (χ2n) is 7.58. The van der Waals surface area contributed by atoms with Crippen LogP contribution in [0.4, 0.5) is 0 Å². The van der Waals surface area contributed by atoms with Crippen molar-refractivity contribution in [2.24, 2.45) is 5.16 Å². The highest BCUT2D eigenvalue weighted by Crippen LogP contribution is 2.49. The Morgan fingerprint density at radius 1 is 1.09 bits per heavy atom. The van der Waals surface area contributed by atoms with Crippen molar-refractivity contribution in [2.45, 2.75) is 38.2 Å². The lowest BCUT2D eigenvalue weighted by Gasteiger charge is -2.25. The molecule has 3 aliphatic heterocycles. The van der Waals surface area contributed by atoms with Gasteiger partial charge in [0.25, 0.3) is 0 Å². The Kier molecular flexibility index (Phi) is 7.98. The molecule has 1 fully saturated rings. The van der Waals surface area contributed by atoms with E-state index in [0.29, 0.717) is 29.4 Å². The van der Waals surface area contributed by atoms with Crippen LogP contribution in [0, 0.1) is 0 Å². The minimum Gasteiger partial charge on any atom is -0.493 e. The lowest BCUT2D eigenvalue weighted by Crippen LogP contribution is -2.34. The zero-order valence-corrected chi connectivity index (χ0v) is 18.2. The van der Waals surface area contributed by atoms with Gasteiger partial charge in [-0.05, 0) is 32.0 Å². The zero-order valence-electron chi connectivity index (χ0n) is 18.2. The predicted molar refractivity (Wildman–Crippen MR) is 112 cm³/mol. The monoisotopic (exact) mass is 452 g/mol. The number of oxime groups is 1. The SMILES string of the molecule is COc1cc(CC2CC(CN3CCCCC3)=NO2)c(OC)c2c1OCO2.O=C(O)C(=O)O. The van der Waals surface area contributed by atoms with Gasteiger partial charge < -0.3 is 34.0 Å². The van der Waals surface area contributed by atoms with E-state index in [9.17, 15) is 0 Å². The van der Waals surface area contributed by atoms with Crippen LogP contribution in [0.5, 0.6) is 23.0 Å². The molecule has 0 bridgehead atoms. The second-order valence-corrected chi connectivity index (χ2v) is 7.58. The topological polar surface area (TPSA) is 136 Å². The van der Waals surface area contributed by atoms with Crippen molar-refractivity contribution in [1.29, 1.82) is 0 Å². The first-order valence-corrected chi connectivity index (χ1v) is 10.4. The highest BCUT2D eigenvalue weighted by molar-refractivity contribution is 6.27. The van der Waals surface area contributed by atoms with Crippen LogP contribution in [0.2, 0.25) is 0 Å². The third-order valence-corrected chi connectivity index (χ3v) is 5.34. The van der Waals surface area contributed by atoms with Gasteiger partial charge in [0.2, 0.25) is 18.3 Å². The van der Waals surface area contributed by atoms with Crippen molar-refractivity contribution in [1.82, 2.24) is 4.90 Å². The minimum absolute atomic E-state index is 0.00812. The van der Waals surface area contributed by atoms with Gasteiger partial charge >= 0.3 is 11.9 Å². The fraction of sp³-hybridized carbons (Fsp3) is 0.571. The van der Waals surface area contributed by atoms with E-state index in [1.807, 2.05) is 6.07 Å². The summed E-state index contributed by atoms with van der Waals surface area (Å²) < 4.78 is 22.1. The minimum atomic E-state index is -1.82. The number of carboxylic acid groups (broad SMARTS) is 2. The van der Waals surface area contributed by atoms with Gasteiger partial charge in [-0.3, -0.25) is 4.90 Å². The quantitative estimate of drug-likeness (QED) is 0.614. The van der Waals surface area contributed by atoms with E-state index >= 15 is 0 Å². The number of rotatable bonds is 6. The standard InChI is InChI=1S/C19H26N2O5.C2H2O4/c1-22-16-9-13(17(23-2)19-18(16)24-12-25-19)8-15-10-14(20-26-15)11-21-6-4-3-5-7-21;3-1(4)2(5)6/h9,15H,3-8,10-12H2,1-2H3;(H,3,4)(H,5,6). The van der Waals surface area contributed by atoms with Crippen LogP contribution < -0.4 is 18.9 Å². The smallest absolute Gasteiger partial charge is 0.414 e. The molecule has 0 amide bonds. The number of benzene rings is 1. The van der Waals surface area contributed by atoms with Gasteiger partial charge in [0.1, 0.15) is 6.10 Å². The number of aliphatic carboxylic acids is 2. The molecule has 1 atom stereocenters. The Bertz CT molecular complexity index is 853. The number of hydrogen-bond donors (Lipinski definition) is 2. The summed E-state index contributed by atoms with van der Waals surface area (Å²) in [6.45, 7) is 3.42. The van der Waals surface area contributed by atoms with E-state index in [2.05, 4.69) is 10.1 Å².